The molecule has 4 nitrogen and oxygen atoms in total. The van der Waals surface area contributed by atoms with Crippen LogP contribution in [0.4, 0.5) is 14.5 Å². The van der Waals surface area contributed by atoms with E-state index in [9.17, 15) is 13.6 Å². The average molecular weight is 407 g/mol. The fourth-order valence-electron chi connectivity index (χ4n) is 3.71. The van der Waals surface area contributed by atoms with Crippen LogP contribution < -0.4 is 22.6 Å². The summed E-state index contributed by atoms with van der Waals surface area (Å²) in [5.41, 5.74) is 1.94. The molecule has 28 heavy (non-hydrogen) atoms. The largest absolute Gasteiger partial charge is 1.00 e. The Kier molecular flexibility index (Phi) is 5.72. The number of likely N-dealkylation sites (N-methyl/N-ethyl adjacent to an activating group) is 1. The molecule has 1 atom stereocenters. The number of carbonyl (C=O) groups excluding carboxylic acids is 1. The van der Waals surface area contributed by atoms with E-state index in [1.165, 1.54) is 35.2 Å². The van der Waals surface area contributed by atoms with Crippen molar-refractivity contribution >= 4 is 22.6 Å². The third-order valence-electron chi connectivity index (χ3n) is 5.28. The molecule has 1 amide bonds. The zero-order valence-corrected chi connectivity index (χ0v) is 16.4. The second-order valence-electron chi connectivity index (χ2n) is 7.32. The zero-order chi connectivity index (χ0) is 19.1. The highest BCUT2D eigenvalue weighted by atomic mass is 35.5. The van der Waals surface area contributed by atoms with Crippen LogP contribution in [0.3, 0.4) is 0 Å². The average Bonchev–Trinajstić information content (AvgIpc) is 3.01. The van der Waals surface area contributed by atoms with Crippen LogP contribution in [0.15, 0.2) is 40.8 Å². The Morgan fingerprint density at radius 2 is 1.89 bits per heavy atom. The molecule has 0 spiro atoms. The van der Waals surface area contributed by atoms with Crippen LogP contribution in [0.5, 0.6) is 0 Å². The first kappa shape index (κ1) is 20.3. The number of furan rings is 1. The van der Waals surface area contributed by atoms with Gasteiger partial charge in [0.15, 0.2) is 11.4 Å². The summed E-state index contributed by atoms with van der Waals surface area (Å²) < 4.78 is 33.4. The van der Waals surface area contributed by atoms with Gasteiger partial charge in [0, 0.05) is 47.5 Å². The summed E-state index contributed by atoms with van der Waals surface area (Å²) in [5.74, 6) is -0.489. The fraction of sp³-hybridized carbons (Fsp3) is 0.286. The number of amides is 1. The highest BCUT2D eigenvalue weighted by molar-refractivity contribution is 6.05. The van der Waals surface area contributed by atoms with E-state index >= 15 is 0 Å². The molecule has 1 aliphatic carbocycles. The van der Waals surface area contributed by atoms with E-state index in [-0.39, 0.29) is 18.0 Å². The summed E-state index contributed by atoms with van der Waals surface area (Å²) in [6.45, 7) is 0. The summed E-state index contributed by atoms with van der Waals surface area (Å²) in [6, 6.07) is 8.69. The number of fused-ring (bicyclic) bond motifs is 3. The van der Waals surface area contributed by atoms with Crippen LogP contribution in [0.1, 0.15) is 28.1 Å². The van der Waals surface area contributed by atoms with Gasteiger partial charge in [-0.25, -0.2) is 8.78 Å². The Bertz CT molecular complexity index is 1020. The lowest BCUT2D eigenvalue weighted by Crippen LogP contribution is -3.10. The molecule has 0 fully saturated rings. The van der Waals surface area contributed by atoms with E-state index in [0.29, 0.717) is 22.7 Å². The third kappa shape index (κ3) is 3.75. The Hall–Kier alpha value is -2.44. The predicted molar refractivity (Wildman–Crippen MR) is 99.1 cm³/mol. The van der Waals surface area contributed by atoms with Crippen molar-refractivity contribution in [3.05, 3.63) is 64.9 Å². The molecule has 0 bridgehead atoms. The van der Waals surface area contributed by atoms with Gasteiger partial charge in [0.1, 0.15) is 11.6 Å². The van der Waals surface area contributed by atoms with Crippen molar-refractivity contribution in [2.24, 2.45) is 0 Å². The van der Waals surface area contributed by atoms with Gasteiger partial charge < -0.3 is 27.0 Å². The minimum Gasteiger partial charge on any atom is -1.00 e. The maximum atomic E-state index is 14.6. The SMILES string of the molecule is C[NH+](C)C1CCc2oc3c(F)cc(NC(=O)c4ccc(F)cc4)cc3c2C1.[Cl-]. The fourth-order valence-corrected chi connectivity index (χ4v) is 3.71. The topological polar surface area (TPSA) is 46.7 Å². The number of hydrogen-bond acceptors (Lipinski definition) is 2. The third-order valence-corrected chi connectivity index (χ3v) is 5.28. The van der Waals surface area contributed by atoms with Gasteiger partial charge in [-0.05, 0) is 30.3 Å². The minimum absolute atomic E-state index is 0. The molecule has 0 saturated carbocycles. The molecule has 3 aromatic rings. The van der Waals surface area contributed by atoms with Gasteiger partial charge >= 0.3 is 0 Å². The molecule has 1 aliphatic rings. The lowest BCUT2D eigenvalue weighted by molar-refractivity contribution is -0.886. The number of hydrogen-bond donors (Lipinski definition) is 2. The lowest BCUT2D eigenvalue weighted by atomic mass is 9.91. The second kappa shape index (κ2) is 7.89. The van der Waals surface area contributed by atoms with Gasteiger partial charge in [-0.1, -0.05) is 0 Å². The van der Waals surface area contributed by atoms with Crippen LogP contribution in [0.2, 0.25) is 0 Å². The summed E-state index contributed by atoms with van der Waals surface area (Å²) >= 11 is 0. The highest BCUT2D eigenvalue weighted by Crippen LogP contribution is 2.35. The Balaban J connectivity index is 0.00000225. The molecule has 1 heterocycles. The van der Waals surface area contributed by atoms with Crippen molar-refractivity contribution in [3.8, 4) is 0 Å². The summed E-state index contributed by atoms with van der Waals surface area (Å²) in [5, 5.41) is 3.41. The van der Waals surface area contributed by atoms with Crippen LogP contribution in [-0.2, 0) is 12.8 Å². The Labute approximate surface area is 167 Å². The summed E-state index contributed by atoms with van der Waals surface area (Å²) in [4.78, 5) is 13.7. The number of nitrogens with one attached hydrogen (secondary N) is 2. The van der Waals surface area contributed by atoms with Crippen LogP contribution >= 0.6 is 0 Å². The van der Waals surface area contributed by atoms with E-state index in [1.54, 1.807) is 6.07 Å². The van der Waals surface area contributed by atoms with Crippen molar-refractivity contribution in [2.45, 2.75) is 25.3 Å². The molecule has 7 heteroatoms. The number of benzene rings is 2. The number of carbonyl (C=O) groups is 1. The smallest absolute Gasteiger partial charge is 0.255 e. The number of aryl methyl sites for hydroxylation is 1. The van der Waals surface area contributed by atoms with Crippen molar-refractivity contribution in [1.29, 1.82) is 0 Å². The van der Waals surface area contributed by atoms with Crippen LogP contribution in [0, 0.1) is 11.6 Å². The standard InChI is InChI=1S/C21H20F2N2O2.ClH/c1-25(2)15-7-8-19-16(11-15)17-9-14(10-18(23)20(17)27-19)24-21(26)12-3-5-13(22)6-4-12;/h3-6,9-10,15H,7-8,11H2,1-2H3,(H,24,26);1H. The van der Waals surface area contributed by atoms with E-state index in [2.05, 4.69) is 19.4 Å². The van der Waals surface area contributed by atoms with E-state index in [4.69, 9.17) is 4.42 Å². The molecule has 1 unspecified atom stereocenters. The molecule has 2 aromatic carbocycles. The van der Waals surface area contributed by atoms with Gasteiger partial charge in [0.25, 0.3) is 5.91 Å². The van der Waals surface area contributed by atoms with Gasteiger partial charge in [0.2, 0.25) is 0 Å². The molecule has 1 aromatic heterocycles. The quantitative estimate of drug-likeness (QED) is 0.641. The van der Waals surface area contributed by atoms with Crippen molar-refractivity contribution in [2.75, 3.05) is 19.4 Å². The second-order valence-corrected chi connectivity index (χ2v) is 7.32. The van der Waals surface area contributed by atoms with Gasteiger partial charge in [-0.2, -0.15) is 0 Å². The molecular weight excluding hydrogens is 386 g/mol. The molecular formula is C21H21ClF2N2O2. The van der Waals surface area contributed by atoms with E-state index in [0.717, 1.165) is 30.6 Å². The highest BCUT2D eigenvalue weighted by Gasteiger charge is 2.29. The molecule has 0 saturated heterocycles. The Morgan fingerprint density at radius 1 is 1.18 bits per heavy atom. The van der Waals surface area contributed by atoms with Crippen LogP contribution in [-0.4, -0.2) is 26.0 Å². The van der Waals surface area contributed by atoms with E-state index < -0.39 is 17.5 Å². The minimum atomic E-state index is -0.495. The van der Waals surface area contributed by atoms with E-state index in [1.807, 2.05) is 0 Å². The molecule has 0 aliphatic heterocycles. The summed E-state index contributed by atoms with van der Waals surface area (Å²) in [7, 11) is 4.24. The van der Waals surface area contributed by atoms with Crippen LogP contribution in [0.25, 0.3) is 11.0 Å². The first-order chi connectivity index (χ1) is 12.9. The van der Waals surface area contributed by atoms with Gasteiger partial charge in [-0.3, -0.25) is 4.79 Å². The zero-order valence-electron chi connectivity index (χ0n) is 15.6. The predicted octanol–water partition coefficient (Wildman–Crippen LogP) is -0.0309. The van der Waals surface area contributed by atoms with Crippen molar-refractivity contribution in [1.82, 2.24) is 0 Å². The van der Waals surface area contributed by atoms with Crippen molar-refractivity contribution in [3.63, 3.8) is 0 Å². The van der Waals surface area contributed by atoms with Gasteiger partial charge in [-0.15, -0.1) is 0 Å². The molecule has 0 radical (unpaired) electrons. The molecule has 2 N–H and O–H groups in total. The molecule has 4 rings (SSSR count). The van der Waals surface area contributed by atoms with Gasteiger partial charge in [0.05, 0.1) is 20.1 Å². The number of anilines is 1. The normalized spacial score (nSPS) is 16.0. The summed E-state index contributed by atoms with van der Waals surface area (Å²) in [6.07, 6.45) is 2.61. The van der Waals surface area contributed by atoms with Crippen molar-refractivity contribution < 1.29 is 35.3 Å². The first-order valence-corrected chi connectivity index (χ1v) is 9.03. The Morgan fingerprint density at radius 3 is 2.57 bits per heavy atom. The number of rotatable bonds is 3. The maximum absolute atomic E-state index is 14.6. The number of quaternary nitrogens is 1. The molecule has 148 valence electrons. The lowest BCUT2D eigenvalue weighted by Gasteiger charge is -2.24. The monoisotopic (exact) mass is 406 g/mol. The number of halogens is 3. The first-order valence-electron chi connectivity index (χ1n) is 9.03. The maximum Gasteiger partial charge on any atom is 0.255 e.